The third-order valence-corrected chi connectivity index (χ3v) is 1.77. The molecule has 0 atom stereocenters. The van der Waals surface area contributed by atoms with Gasteiger partial charge in [0, 0.05) is 5.88 Å². The largest absolute Gasteiger partial charge is 0.392 e. The molecule has 0 aliphatic heterocycles. The van der Waals surface area contributed by atoms with Crippen molar-refractivity contribution in [2.45, 2.75) is 12.5 Å². The summed E-state index contributed by atoms with van der Waals surface area (Å²) in [5.41, 5.74) is 1.33. The van der Waals surface area contributed by atoms with Gasteiger partial charge in [-0.2, -0.15) is 0 Å². The Hall–Kier alpha value is -0.600. The third-order valence-electron chi connectivity index (χ3n) is 1.48. The van der Waals surface area contributed by atoms with Crippen LogP contribution in [0, 0.1) is 5.82 Å². The molecule has 1 N–H and O–H groups in total. The molecule has 1 aromatic rings. The van der Waals surface area contributed by atoms with Crippen LogP contribution in [0.4, 0.5) is 4.39 Å². The molecule has 1 nitrogen and oxygen atoms in total. The predicted molar refractivity (Wildman–Crippen MR) is 41.9 cm³/mol. The number of hydrogen-bond donors (Lipinski definition) is 1. The molecule has 3 heteroatoms. The highest BCUT2D eigenvalue weighted by atomic mass is 35.5. The van der Waals surface area contributed by atoms with Crippen LogP contribution in [0.25, 0.3) is 0 Å². The van der Waals surface area contributed by atoms with Crippen molar-refractivity contribution in [3.63, 3.8) is 0 Å². The van der Waals surface area contributed by atoms with Gasteiger partial charge in [-0.05, 0) is 23.3 Å². The van der Waals surface area contributed by atoms with E-state index in [4.69, 9.17) is 16.7 Å². The van der Waals surface area contributed by atoms with Crippen LogP contribution in [0.1, 0.15) is 11.1 Å². The van der Waals surface area contributed by atoms with Gasteiger partial charge in [0.15, 0.2) is 0 Å². The molecular formula is C8H8ClFO. The smallest absolute Gasteiger partial charge is 0.123 e. The minimum atomic E-state index is -0.345. The molecule has 60 valence electrons. The third kappa shape index (κ3) is 1.91. The molecule has 0 spiro atoms. The van der Waals surface area contributed by atoms with Gasteiger partial charge in [-0.15, -0.1) is 11.6 Å². The number of benzene rings is 1. The van der Waals surface area contributed by atoms with E-state index in [1.165, 1.54) is 12.1 Å². The van der Waals surface area contributed by atoms with Gasteiger partial charge >= 0.3 is 0 Å². The van der Waals surface area contributed by atoms with Crippen molar-refractivity contribution in [1.82, 2.24) is 0 Å². The number of rotatable bonds is 2. The van der Waals surface area contributed by atoms with Crippen LogP contribution in [-0.2, 0) is 12.5 Å². The quantitative estimate of drug-likeness (QED) is 0.681. The van der Waals surface area contributed by atoms with Crippen molar-refractivity contribution >= 4 is 11.6 Å². The van der Waals surface area contributed by atoms with Crippen LogP contribution >= 0.6 is 11.6 Å². The molecule has 0 aliphatic carbocycles. The van der Waals surface area contributed by atoms with Crippen LogP contribution in [0.2, 0.25) is 0 Å². The summed E-state index contributed by atoms with van der Waals surface area (Å²) in [7, 11) is 0. The molecule has 0 bridgehead atoms. The van der Waals surface area contributed by atoms with Gasteiger partial charge in [-0.1, -0.05) is 6.07 Å². The zero-order valence-electron chi connectivity index (χ0n) is 5.85. The van der Waals surface area contributed by atoms with Crippen LogP contribution in [0.3, 0.4) is 0 Å². The van der Waals surface area contributed by atoms with Crippen LogP contribution < -0.4 is 0 Å². The molecule has 1 aromatic carbocycles. The topological polar surface area (TPSA) is 20.2 Å². The fraction of sp³-hybridized carbons (Fsp3) is 0.250. The average Bonchev–Trinajstić information content (AvgIpc) is 2.04. The SMILES string of the molecule is OCc1cc(F)ccc1CCl. The van der Waals surface area contributed by atoms with Crippen molar-refractivity contribution in [2.75, 3.05) is 0 Å². The maximum Gasteiger partial charge on any atom is 0.123 e. The van der Waals surface area contributed by atoms with E-state index in [2.05, 4.69) is 0 Å². The van der Waals surface area contributed by atoms with Crippen molar-refractivity contribution in [3.8, 4) is 0 Å². The van der Waals surface area contributed by atoms with E-state index in [0.717, 1.165) is 5.56 Å². The lowest BCUT2D eigenvalue weighted by molar-refractivity contribution is 0.280. The summed E-state index contributed by atoms with van der Waals surface area (Å²) < 4.78 is 12.5. The second kappa shape index (κ2) is 3.69. The fourth-order valence-electron chi connectivity index (χ4n) is 0.872. The molecule has 0 aliphatic rings. The van der Waals surface area contributed by atoms with E-state index >= 15 is 0 Å². The maximum absolute atomic E-state index is 12.5. The predicted octanol–water partition coefficient (Wildman–Crippen LogP) is 2.06. The van der Waals surface area contributed by atoms with Crippen molar-refractivity contribution in [2.24, 2.45) is 0 Å². The zero-order valence-corrected chi connectivity index (χ0v) is 6.61. The molecule has 0 heterocycles. The summed E-state index contributed by atoms with van der Waals surface area (Å²) in [6, 6.07) is 4.20. The highest BCUT2D eigenvalue weighted by Gasteiger charge is 2.00. The van der Waals surface area contributed by atoms with E-state index in [1.807, 2.05) is 0 Å². The standard InChI is InChI=1S/C8H8ClFO/c9-4-6-1-2-8(10)3-7(6)5-11/h1-3,11H,4-5H2. The van der Waals surface area contributed by atoms with E-state index in [-0.39, 0.29) is 12.4 Å². The zero-order chi connectivity index (χ0) is 8.27. The van der Waals surface area contributed by atoms with Gasteiger partial charge in [0.2, 0.25) is 0 Å². The Morgan fingerprint density at radius 1 is 1.36 bits per heavy atom. The first-order valence-corrected chi connectivity index (χ1v) is 3.75. The molecule has 11 heavy (non-hydrogen) atoms. The number of alkyl halides is 1. The lowest BCUT2D eigenvalue weighted by Crippen LogP contribution is -1.91. The Balaban J connectivity index is 3.06. The minimum absolute atomic E-state index is 0.167. The second-order valence-corrected chi connectivity index (χ2v) is 2.47. The molecular weight excluding hydrogens is 167 g/mol. The number of aliphatic hydroxyl groups excluding tert-OH is 1. The number of halogens is 2. The summed E-state index contributed by atoms with van der Waals surface area (Å²) in [4.78, 5) is 0. The first-order chi connectivity index (χ1) is 5.27. The monoisotopic (exact) mass is 174 g/mol. The van der Waals surface area contributed by atoms with Gasteiger partial charge in [0.1, 0.15) is 5.82 Å². The summed E-state index contributed by atoms with van der Waals surface area (Å²) in [5, 5.41) is 8.75. The van der Waals surface area contributed by atoms with E-state index in [9.17, 15) is 4.39 Å². The Morgan fingerprint density at radius 2 is 2.09 bits per heavy atom. The van der Waals surface area contributed by atoms with E-state index in [0.29, 0.717) is 11.4 Å². The summed E-state index contributed by atoms with van der Waals surface area (Å²) in [6.45, 7) is -0.167. The number of hydrogen-bond acceptors (Lipinski definition) is 1. The van der Waals surface area contributed by atoms with Crippen LogP contribution in [0.5, 0.6) is 0 Å². The van der Waals surface area contributed by atoms with Gasteiger partial charge in [0.05, 0.1) is 6.61 Å². The van der Waals surface area contributed by atoms with Crippen LogP contribution in [-0.4, -0.2) is 5.11 Å². The van der Waals surface area contributed by atoms with Crippen molar-refractivity contribution in [1.29, 1.82) is 0 Å². The molecule has 0 saturated heterocycles. The molecule has 0 amide bonds. The maximum atomic E-state index is 12.5. The molecule has 0 fully saturated rings. The van der Waals surface area contributed by atoms with Gasteiger partial charge in [-0.25, -0.2) is 4.39 Å². The van der Waals surface area contributed by atoms with Gasteiger partial charge in [0.25, 0.3) is 0 Å². The fourth-order valence-corrected chi connectivity index (χ4v) is 1.13. The highest BCUT2D eigenvalue weighted by molar-refractivity contribution is 6.17. The van der Waals surface area contributed by atoms with Gasteiger partial charge < -0.3 is 5.11 Å². The molecule has 0 radical (unpaired) electrons. The van der Waals surface area contributed by atoms with E-state index in [1.54, 1.807) is 6.07 Å². The first kappa shape index (κ1) is 8.50. The Bertz CT molecular complexity index is 250. The lowest BCUT2D eigenvalue weighted by Gasteiger charge is -2.02. The first-order valence-electron chi connectivity index (χ1n) is 3.22. The minimum Gasteiger partial charge on any atom is -0.392 e. The summed E-state index contributed by atoms with van der Waals surface area (Å²) in [6.07, 6.45) is 0. The summed E-state index contributed by atoms with van der Waals surface area (Å²) >= 11 is 5.53. The Kier molecular flexibility index (Phi) is 2.85. The molecule has 0 unspecified atom stereocenters. The highest BCUT2D eigenvalue weighted by Crippen LogP contribution is 2.13. The second-order valence-electron chi connectivity index (χ2n) is 2.20. The Morgan fingerprint density at radius 3 is 2.64 bits per heavy atom. The van der Waals surface area contributed by atoms with Crippen molar-refractivity contribution < 1.29 is 9.50 Å². The Labute approximate surface area is 69.4 Å². The lowest BCUT2D eigenvalue weighted by atomic mass is 10.1. The molecule has 0 aromatic heterocycles. The molecule has 1 rings (SSSR count). The normalized spacial score (nSPS) is 10.1. The number of aliphatic hydroxyl groups is 1. The molecule has 0 saturated carbocycles. The average molecular weight is 175 g/mol. The summed E-state index contributed by atoms with van der Waals surface area (Å²) in [5.74, 6) is -0.0428. The van der Waals surface area contributed by atoms with Gasteiger partial charge in [-0.3, -0.25) is 0 Å². The van der Waals surface area contributed by atoms with Crippen LogP contribution in [0.15, 0.2) is 18.2 Å². The van der Waals surface area contributed by atoms with E-state index < -0.39 is 0 Å². The van der Waals surface area contributed by atoms with Crippen molar-refractivity contribution in [3.05, 3.63) is 35.1 Å².